The van der Waals surface area contributed by atoms with Crippen molar-refractivity contribution in [2.75, 3.05) is 17.0 Å². The van der Waals surface area contributed by atoms with Gasteiger partial charge in [0.05, 0.1) is 17.0 Å². The van der Waals surface area contributed by atoms with E-state index in [-0.39, 0.29) is 18.2 Å². The summed E-state index contributed by atoms with van der Waals surface area (Å²) < 4.78 is 28.5. The number of aromatic nitrogens is 2. The van der Waals surface area contributed by atoms with Gasteiger partial charge in [-0.25, -0.2) is 12.9 Å². The Balaban J connectivity index is 1.39. The molecule has 2 heterocycles. The van der Waals surface area contributed by atoms with Gasteiger partial charge in [-0.1, -0.05) is 30.3 Å². The molecule has 3 aromatic rings. The fraction of sp³-hybridized carbons (Fsp3) is 0.263. The van der Waals surface area contributed by atoms with Gasteiger partial charge in [0.1, 0.15) is 0 Å². The van der Waals surface area contributed by atoms with Crippen LogP contribution >= 0.6 is 0 Å². The van der Waals surface area contributed by atoms with Crippen LogP contribution in [0.1, 0.15) is 18.4 Å². The first kappa shape index (κ1) is 18.9. The second kappa shape index (κ2) is 8.68. The number of fused-ring (bicyclic) bond motifs is 1. The number of carbonyl (C=O) groups excluding carboxylic acids is 1. The van der Waals surface area contributed by atoms with Gasteiger partial charge in [0.15, 0.2) is 0 Å². The first-order valence-electron chi connectivity index (χ1n) is 8.76. The van der Waals surface area contributed by atoms with Crippen LogP contribution in [0.25, 0.3) is 5.52 Å². The third kappa shape index (κ3) is 5.82. The first-order valence-corrected chi connectivity index (χ1v) is 10.4. The van der Waals surface area contributed by atoms with Gasteiger partial charge in [-0.3, -0.25) is 9.52 Å². The number of sulfonamides is 1. The van der Waals surface area contributed by atoms with E-state index in [1.807, 2.05) is 30.3 Å². The molecular weight excluding hydrogens is 364 g/mol. The highest BCUT2D eigenvalue weighted by atomic mass is 32.2. The van der Waals surface area contributed by atoms with Crippen molar-refractivity contribution in [1.82, 2.24) is 14.9 Å². The van der Waals surface area contributed by atoms with Crippen LogP contribution in [-0.4, -0.2) is 36.2 Å². The molecule has 0 fully saturated rings. The smallest absolute Gasteiger partial charge is 0.234 e. The molecule has 0 unspecified atom stereocenters. The molecule has 0 aliphatic carbocycles. The molecule has 1 amide bonds. The fourth-order valence-electron chi connectivity index (χ4n) is 2.73. The van der Waals surface area contributed by atoms with Gasteiger partial charge in [0, 0.05) is 25.4 Å². The van der Waals surface area contributed by atoms with Crippen LogP contribution in [0.3, 0.4) is 0 Å². The van der Waals surface area contributed by atoms with Crippen molar-refractivity contribution in [3.63, 3.8) is 0 Å². The van der Waals surface area contributed by atoms with Crippen LogP contribution in [0.15, 0.2) is 60.9 Å². The first-order chi connectivity index (χ1) is 13.0. The van der Waals surface area contributed by atoms with Crippen LogP contribution in [0.4, 0.5) is 5.69 Å². The number of rotatable bonds is 9. The normalized spacial score (nSPS) is 11.4. The van der Waals surface area contributed by atoms with E-state index in [9.17, 15) is 13.2 Å². The average molecular weight is 386 g/mol. The van der Waals surface area contributed by atoms with Gasteiger partial charge in [-0.15, -0.1) is 0 Å². The molecule has 7 nitrogen and oxygen atoms in total. The summed E-state index contributed by atoms with van der Waals surface area (Å²) in [5.74, 6) is -0.316. The zero-order valence-corrected chi connectivity index (χ0v) is 15.7. The van der Waals surface area contributed by atoms with E-state index in [4.69, 9.17) is 0 Å². The summed E-state index contributed by atoms with van der Waals surface area (Å²) in [6.07, 6.45) is 5.25. The van der Waals surface area contributed by atoms with Crippen molar-refractivity contribution in [3.05, 3.63) is 66.5 Å². The van der Waals surface area contributed by atoms with Crippen molar-refractivity contribution < 1.29 is 13.2 Å². The van der Waals surface area contributed by atoms with E-state index in [1.165, 1.54) is 5.56 Å². The minimum Gasteiger partial charge on any atom is -0.355 e. The van der Waals surface area contributed by atoms with Crippen molar-refractivity contribution in [2.24, 2.45) is 0 Å². The monoisotopic (exact) mass is 386 g/mol. The Bertz CT molecular complexity index is 1000. The van der Waals surface area contributed by atoms with Gasteiger partial charge in [0.25, 0.3) is 0 Å². The van der Waals surface area contributed by atoms with E-state index in [0.717, 1.165) is 18.4 Å². The van der Waals surface area contributed by atoms with E-state index in [2.05, 4.69) is 15.1 Å². The molecule has 8 heteroatoms. The van der Waals surface area contributed by atoms with Crippen molar-refractivity contribution in [2.45, 2.75) is 19.3 Å². The molecule has 0 bridgehead atoms. The number of aryl methyl sites for hydroxylation is 1. The van der Waals surface area contributed by atoms with Crippen LogP contribution in [0.2, 0.25) is 0 Å². The maximum atomic E-state index is 12.2. The molecule has 3 rings (SSSR count). The summed E-state index contributed by atoms with van der Waals surface area (Å²) in [5, 5.41) is 6.73. The van der Waals surface area contributed by atoms with Gasteiger partial charge >= 0.3 is 0 Å². The molecule has 0 saturated carbocycles. The maximum absolute atomic E-state index is 12.2. The number of hydrogen-bond acceptors (Lipinski definition) is 4. The van der Waals surface area contributed by atoms with E-state index >= 15 is 0 Å². The lowest BCUT2D eigenvalue weighted by Gasteiger charge is -2.09. The predicted molar refractivity (Wildman–Crippen MR) is 105 cm³/mol. The zero-order chi connectivity index (χ0) is 19.1. The molecule has 0 aliphatic heterocycles. The number of anilines is 1. The molecule has 0 aliphatic rings. The van der Waals surface area contributed by atoms with E-state index < -0.39 is 10.0 Å². The number of nitrogens with one attached hydrogen (secondary N) is 2. The van der Waals surface area contributed by atoms with E-state index in [1.54, 1.807) is 35.1 Å². The minimum absolute atomic E-state index is 0.0778. The minimum atomic E-state index is -3.54. The SMILES string of the molecule is O=C(CCCc1ccccc1)NCCS(=O)(=O)Nc1ccn2nccc2c1. The van der Waals surface area contributed by atoms with Crippen LogP contribution in [0, 0.1) is 0 Å². The molecule has 0 atom stereocenters. The Kier molecular flexibility index (Phi) is 6.08. The number of carbonyl (C=O) groups is 1. The van der Waals surface area contributed by atoms with Gasteiger partial charge in [0.2, 0.25) is 15.9 Å². The average Bonchev–Trinajstić information content (AvgIpc) is 3.10. The Morgan fingerprint density at radius 1 is 1.11 bits per heavy atom. The summed E-state index contributed by atoms with van der Waals surface area (Å²) in [7, 11) is -3.54. The van der Waals surface area contributed by atoms with Gasteiger partial charge in [-0.05, 0) is 36.6 Å². The summed E-state index contributed by atoms with van der Waals surface area (Å²) in [6, 6.07) is 15.1. The third-order valence-electron chi connectivity index (χ3n) is 4.08. The molecule has 27 heavy (non-hydrogen) atoms. The van der Waals surface area contributed by atoms with Crippen LogP contribution in [-0.2, 0) is 21.2 Å². The molecular formula is C19H22N4O3S. The second-order valence-electron chi connectivity index (χ2n) is 6.23. The fourth-order valence-corrected chi connectivity index (χ4v) is 3.69. The summed E-state index contributed by atoms with van der Waals surface area (Å²) in [6.45, 7) is 0.0778. The molecule has 142 valence electrons. The Morgan fingerprint density at radius 2 is 1.93 bits per heavy atom. The van der Waals surface area contributed by atoms with Gasteiger partial charge in [-0.2, -0.15) is 5.10 Å². The lowest BCUT2D eigenvalue weighted by Crippen LogP contribution is -2.31. The highest BCUT2D eigenvalue weighted by molar-refractivity contribution is 7.92. The topological polar surface area (TPSA) is 92.6 Å². The quantitative estimate of drug-likeness (QED) is 0.590. The van der Waals surface area contributed by atoms with Crippen molar-refractivity contribution in [3.8, 4) is 0 Å². The highest BCUT2D eigenvalue weighted by Gasteiger charge is 2.12. The van der Waals surface area contributed by atoms with Crippen LogP contribution < -0.4 is 10.0 Å². The zero-order valence-electron chi connectivity index (χ0n) is 14.8. The number of nitrogens with zero attached hydrogens (tertiary/aromatic N) is 2. The van der Waals surface area contributed by atoms with Crippen molar-refractivity contribution >= 4 is 27.1 Å². The second-order valence-corrected chi connectivity index (χ2v) is 8.07. The summed E-state index contributed by atoms with van der Waals surface area (Å²) in [4.78, 5) is 11.9. The van der Waals surface area contributed by atoms with E-state index in [0.29, 0.717) is 12.1 Å². The molecule has 0 saturated heterocycles. The highest BCUT2D eigenvalue weighted by Crippen LogP contribution is 2.13. The lowest BCUT2D eigenvalue weighted by molar-refractivity contribution is -0.121. The Labute approximate surface area is 158 Å². The van der Waals surface area contributed by atoms with Crippen molar-refractivity contribution in [1.29, 1.82) is 0 Å². The molecule has 0 spiro atoms. The molecule has 2 aromatic heterocycles. The number of amides is 1. The summed E-state index contributed by atoms with van der Waals surface area (Å²) >= 11 is 0. The summed E-state index contributed by atoms with van der Waals surface area (Å²) in [5.41, 5.74) is 2.45. The third-order valence-corrected chi connectivity index (χ3v) is 5.37. The largest absolute Gasteiger partial charge is 0.355 e. The lowest BCUT2D eigenvalue weighted by atomic mass is 10.1. The Morgan fingerprint density at radius 3 is 2.74 bits per heavy atom. The molecule has 2 N–H and O–H groups in total. The van der Waals surface area contributed by atoms with Gasteiger partial charge < -0.3 is 5.32 Å². The number of pyridine rings is 1. The molecule has 1 aromatic carbocycles. The number of hydrogen-bond donors (Lipinski definition) is 2. The Hall–Kier alpha value is -2.87. The van der Waals surface area contributed by atoms with Crippen LogP contribution in [0.5, 0.6) is 0 Å². The predicted octanol–water partition coefficient (Wildman–Crippen LogP) is 2.22. The standard InChI is InChI=1S/C19H22N4O3S/c24-19(8-4-7-16-5-2-1-3-6-16)20-12-14-27(25,26)22-17-10-13-23-18(15-17)9-11-21-23/h1-3,5-6,9-11,13,15,22H,4,7-8,12,14H2,(H,20,24). The maximum Gasteiger partial charge on any atom is 0.234 e. The molecule has 0 radical (unpaired) electrons. The number of benzene rings is 1.